The summed E-state index contributed by atoms with van der Waals surface area (Å²) in [7, 11) is 0. The Hall–Kier alpha value is -1.25. The number of nitrogens with two attached hydrogens (primary N) is 1. The molecule has 2 N–H and O–H groups in total. The van der Waals surface area contributed by atoms with E-state index in [1.54, 1.807) is 0 Å². The second-order valence-electron chi connectivity index (χ2n) is 4.03. The van der Waals surface area contributed by atoms with Gasteiger partial charge in [-0.2, -0.15) is 0 Å². The third-order valence-corrected chi connectivity index (χ3v) is 4.17. The van der Waals surface area contributed by atoms with Gasteiger partial charge in [0.05, 0.1) is 0 Å². The predicted molar refractivity (Wildman–Crippen MR) is 67.7 cm³/mol. The number of hydrogen-bond donors (Lipinski definition) is 1. The fraction of sp³-hybridized carbons (Fsp3) is 0.143. The predicted octanol–water partition coefficient (Wildman–Crippen LogP) is 3.20. The highest BCUT2D eigenvalue weighted by Gasteiger charge is 2.15. The molecule has 2 aromatic carbocycles. The quantitative estimate of drug-likeness (QED) is 0.691. The van der Waals surface area contributed by atoms with Gasteiger partial charge in [-0.15, -0.1) is 0 Å². The van der Waals surface area contributed by atoms with Crippen molar-refractivity contribution in [1.82, 2.24) is 0 Å². The molecule has 3 rings (SSSR count). The lowest BCUT2D eigenvalue weighted by molar-refractivity contribution is 1.01. The van der Waals surface area contributed by atoms with Crippen LogP contribution < -0.4 is 5.73 Å². The first-order valence-corrected chi connectivity index (χ1v) is 6.26. The highest BCUT2D eigenvalue weighted by Crippen LogP contribution is 2.39. The number of hydrogen-bond acceptors (Lipinski definition) is 2. The Morgan fingerprint density at radius 3 is 2.69 bits per heavy atom. The van der Waals surface area contributed by atoms with Crippen molar-refractivity contribution in [3.05, 3.63) is 59.2 Å². The van der Waals surface area contributed by atoms with E-state index >= 15 is 0 Å². The SMILES string of the molecule is NCc1ccc2c(c1)Cc1ccccc1S2. The molecule has 0 radical (unpaired) electrons. The van der Waals surface area contributed by atoms with Crippen molar-refractivity contribution in [1.29, 1.82) is 0 Å². The first-order chi connectivity index (χ1) is 7.86. The van der Waals surface area contributed by atoms with E-state index in [0.29, 0.717) is 6.54 Å². The van der Waals surface area contributed by atoms with Gasteiger partial charge < -0.3 is 5.73 Å². The van der Waals surface area contributed by atoms with Crippen LogP contribution in [0.5, 0.6) is 0 Å². The van der Waals surface area contributed by atoms with Crippen LogP contribution in [0.4, 0.5) is 0 Å². The van der Waals surface area contributed by atoms with Gasteiger partial charge in [0, 0.05) is 16.3 Å². The molecule has 16 heavy (non-hydrogen) atoms. The zero-order valence-corrected chi connectivity index (χ0v) is 9.76. The lowest BCUT2D eigenvalue weighted by Gasteiger charge is -2.19. The summed E-state index contributed by atoms with van der Waals surface area (Å²) < 4.78 is 0. The molecule has 0 fully saturated rings. The van der Waals surface area contributed by atoms with Gasteiger partial charge in [0.15, 0.2) is 0 Å². The zero-order chi connectivity index (χ0) is 11.0. The van der Waals surface area contributed by atoms with Gasteiger partial charge in [-0.25, -0.2) is 0 Å². The molecule has 0 amide bonds. The van der Waals surface area contributed by atoms with Crippen LogP contribution in [0.2, 0.25) is 0 Å². The summed E-state index contributed by atoms with van der Waals surface area (Å²) in [6.07, 6.45) is 1.03. The normalized spacial score (nSPS) is 13.1. The second-order valence-corrected chi connectivity index (χ2v) is 5.12. The number of benzene rings is 2. The van der Waals surface area contributed by atoms with Crippen LogP contribution in [0, 0.1) is 0 Å². The highest BCUT2D eigenvalue weighted by atomic mass is 32.2. The molecule has 0 saturated carbocycles. The van der Waals surface area contributed by atoms with Crippen molar-refractivity contribution in [3.63, 3.8) is 0 Å². The standard InChI is InChI=1S/C14H13NS/c15-9-10-5-6-14-12(7-10)8-11-3-1-2-4-13(11)16-14/h1-7H,8-9,15H2. The van der Waals surface area contributed by atoms with E-state index in [1.807, 2.05) is 11.8 Å². The first-order valence-electron chi connectivity index (χ1n) is 5.44. The third kappa shape index (κ3) is 1.64. The summed E-state index contributed by atoms with van der Waals surface area (Å²) in [6.45, 7) is 0.625. The fourth-order valence-corrected chi connectivity index (χ4v) is 3.12. The molecule has 0 saturated heterocycles. The van der Waals surface area contributed by atoms with Crippen LogP contribution in [-0.4, -0.2) is 0 Å². The molecular formula is C14H13NS. The Labute approximate surface area is 99.7 Å². The van der Waals surface area contributed by atoms with Gasteiger partial charge in [0.1, 0.15) is 0 Å². The summed E-state index contributed by atoms with van der Waals surface area (Å²) in [5.41, 5.74) is 9.73. The van der Waals surface area contributed by atoms with Crippen molar-refractivity contribution in [2.75, 3.05) is 0 Å². The molecule has 1 nitrogen and oxygen atoms in total. The maximum atomic E-state index is 5.67. The summed E-state index contributed by atoms with van der Waals surface area (Å²) in [5, 5.41) is 0. The van der Waals surface area contributed by atoms with Crippen molar-refractivity contribution >= 4 is 11.8 Å². The monoisotopic (exact) mass is 227 g/mol. The maximum absolute atomic E-state index is 5.67. The number of rotatable bonds is 1. The molecule has 80 valence electrons. The average Bonchev–Trinajstić information content (AvgIpc) is 2.35. The molecule has 2 heteroatoms. The molecule has 1 aliphatic heterocycles. The van der Waals surface area contributed by atoms with Gasteiger partial charge in [0.2, 0.25) is 0 Å². The lowest BCUT2D eigenvalue weighted by Crippen LogP contribution is -2.02. The molecule has 0 unspecified atom stereocenters. The van der Waals surface area contributed by atoms with Crippen molar-refractivity contribution < 1.29 is 0 Å². The highest BCUT2D eigenvalue weighted by molar-refractivity contribution is 7.99. The van der Waals surface area contributed by atoms with Crippen molar-refractivity contribution in [3.8, 4) is 0 Å². The zero-order valence-electron chi connectivity index (χ0n) is 8.94. The van der Waals surface area contributed by atoms with E-state index in [4.69, 9.17) is 5.73 Å². The lowest BCUT2D eigenvalue weighted by atomic mass is 10.0. The van der Waals surface area contributed by atoms with Gasteiger partial charge in [-0.05, 0) is 35.2 Å². The molecule has 0 atom stereocenters. The van der Waals surface area contributed by atoms with Crippen LogP contribution in [0.25, 0.3) is 0 Å². The molecule has 1 aliphatic rings. The van der Waals surface area contributed by atoms with Crippen molar-refractivity contribution in [2.45, 2.75) is 22.8 Å². The molecule has 2 aromatic rings. The van der Waals surface area contributed by atoms with E-state index in [9.17, 15) is 0 Å². The van der Waals surface area contributed by atoms with Crippen LogP contribution >= 0.6 is 11.8 Å². The van der Waals surface area contributed by atoms with E-state index in [0.717, 1.165) is 6.42 Å². The van der Waals surface area contributed by atoms with E-state index in [2.05, 4.69) is 42.5 Å². The molecule has 0 spiro atoms. The third-order valence-electron chi connectivity index (χ3n) is 2.93. The van der Waals surface area contributed by atoms with Crippen LogP contribution in [0.3, 0.4) is 0 Å². The van der Waals surface area contributed by atoms with Gasteiger partial charge in [-0.3, -0.25) is 0 Å². The summed E-state index contributed by atoms with van der Waals surface area (Å²) in [6, 6.07) is 15.2. The van der Waals surface area contributed by atoms with E-state index in [-0.39, 0.29) is 0 Å². The molecule has 0 bridgehead atoms. The van der Waals surface area contributed by atoms with Crippen LogP contribution in [0.1, 0.15) is 16.7 Å². The molecule has 1 heterocycles. The van der Waals surface area contributed by atoms with Crippen LogP contribution in [0.15, 0.2) is 52.3 Å². The summed E-state index contributed by atoms with van der Waals surface area (Å²) in [4.78, 5) is 2.76. The largest absolute Gasteiger partial charge is 0.326 e. The Morgan fingerprint density at radius 1 is 1.00 bits per heavy atom. The molecular weight excluding hydrogens is 214 g/mol. The smallest absolute Gasteiger partial charge is 0.0178 e. The average molecular weight is 227 g/mol. The Kier molecular flexibility index (Phi) is 2.46. The minimum Gasteiger partial charge on any atom is -0.326 e. The first kappa shape index (κ1) is 9.94. The van der Waals surface area contributed by atoms with Gasteiger partial charge in [0.25, 0.3) is 0 Å². The molecule has 0 aliphatic carbocycles. The molecule has 0 aromatic heterocycles. The number of fused-ring (bicyclic) bond motifs is 2. The Morgan fingerprint density at radius 2 is 1.81 bits per heavy atom. The minimum absolute atomic E-state index is 0.625. The topological polar surface area (TPSA) is 26.0 Å². The Bertz CT molecular complexity index is 534. The Balaban J connectivity index is 2.05. The minimum atomic E-state index is 0.625. The summed E-state index contributed by atoms with van der Waals surface area (Å²) in [5.74, 6) is 0. The summed E-state index contributed by atoms with van der Waals surface area (Å²) >= 11 is 1.86. The maximum Gasteiger partial charge on any atom is 0.0178 e. The van der Waals surface area contributed by atoms with Crippen molar-refractivity contribution in [2.24, 2.45) is 5.73 Å². The van der Waals surface area contributed by atoms with Crippen LogP contribution in [-0.2, 0) is 13.0 Å². The fourth-order valence-electron chi connectivity index (χ4n) is 2.07. The van der Waals surface area contributed by atoms with Gasteiger partial charge >= 0.3 is 0 Å². The van der Waals surface area contributed by atoms with E-state index < -0.39 is 0 Å². The van der Waals surface area contributed by atoms with E-state index in [1.165, 1.54) is 26.5 Å². The van der Waals surface area contributed by atoms with Gasteiger partial charge in [-0.1, -0.05) is 42.1 Å². The second kappa shape index (κ2) is 3.96.